The van der Waals surface area contributed by atoms with Crippen molar-refractivity contribution in [2.75, 3.05) is 30.6 Å². The molecule has 0 saturated carbocycles. The van der Waals surface area contributed by atoms with Crippen LogP contribution in [0.5, 0.6) is 5.75 Å². The van der Waals surface area contributed by atoms with Gasteiger partial charge in [0.25, 0.3) is 12.0 Å². The van der Waals surface area contributed by atoms with Crippen LogP contribution in [0.25, 0.3) is 22.2 Å². The molecule has 14 heteroatoms. The first kappa shape index (κ1) is 39.8. The molecule has 5 aromatic carbocycles. The molecule has 2 heterocycles. The molecule has 288 valence electrons. The fraction of sp³-hybridized carbons (Fsp3) is 0.167. The number of carbonyl (C=O) groups is 3. The largest absolute Gasteiger partial charge is 0.506 e. The van der Waals surface area contributed by atoms with Crippen molar-refractivity contribution in [3.05, 3.63) is 131 Å². The van der Waals surface area contributed by atoms with Crippen molar-refractivity contribution in [1.29, 1.82) is 0 Å². The topological polar surface area (TPSA) is 212 Å². The first-order valence-electron chi connectivity index (χ1n) is 17.3. The smallest absolute Gasteiger partial charge is 0.309 e. The lowest BCUT2D eigenvalue weighted by molar-refractivity contribution is -0.140. The molecule has 14 nitrogen and oxygen atoms in total. The number of nitrogens with two attached hydrogens (primary N) is 1. The Morgan fingerprint density at radius 3 is 1.50 bits per heavy atom. The third-order valence-corrected chi connectivity index (χ3v) is 8.28. The lowest BCUT2D eigenvalue weighted by atomic mass is 10.1. The highest BCUT2D eigenvalue weighted by atomic mass is 16.5. The minimum atomic E-state index is -0.868. The van der Waals surface area contributed by atoms with Crippen LogP contribution in [0.3, 0.4) is 0 Å². The number of aryl methyl sites for hydroxylation is 2. The number of ether oxygens (including phenoxy) is 2. The van der Waals surface area contributed by atoms with Gasteiger partial charge in [0.05, 0.1) is 39.2 Å². The first-order valence-corrected chi connectivity index (χ1v) is 17.3. The van der Waals surface area contributed by atoms with E-state index in [-0.39, 0.29) is 37.0 Å². The van der Waals surface area contributed by atoms with Gasteiger partial charge in [0.1, 0.15) is 16.8 Å². The van der Waals surface area contributed by atoms with E-state index in [1.807, 2.05) is 80.6 Å². The van der Waals surface area contributed by atoms with E-state index in [0.717, 1.165) is 33.6 Å². The number of hydrogen-bond donors (Lipinski definition) is 5. The Morgan fingerprint density at radius 2 is 1.07 bits per heavy atom. The molecule has 0 amide bonds. The second-order valence-electron chi connectivity index (χ2n) is 12.5. The average Bonchev–Trinajstić information content (AvgIpc) is 3.77. The van der Waals surface area contributed by atoms with Crippen LogP contribution in [0.1, 0.15) is 27.8 Å². The van der Waals surface area contributed by atoms with E-state index in [4.69, 9.17) is 19.7 Å². The molecule has 0 radical (unpaired) electrons. The van der Waals surface area contributed by atoms with Gasteiger partial charge >= 0.3 is 17.9 Å². The second-order valence-corrected chi connectivity index (χ2v) is 12.5. The molecule has 6 N–H and O–H groups in total. The maximum atomic E-state index is 11.3. The zero-order valence-corrected chi connectivity index (χ0v) is 31.2. The van der Waals surface area contributed by atoms with Gasteiger partial charge in [-0.2, -0.15) is 9.97 Å². The molecule has 2 aromatic heterocycles. The van der Waals surface area contributed by atoms with Gasteiger partial charge in [-0.1, -0.05) is 54.6 Å². The summed E-state index contributed by atoms with van der Waals surface area (Å²) in [6.45, 7) is 4.01. The molecule has 0 fully saturated rings. The number of hydrogen-bond acceptors (Lipinski definition) is 13. The molecule has 0 bridgehead atoms. The highest BCUT2D eigenvalue weighted by Crippen LogP contribution is 2.26. The molecule has 0 unspecified atom stereocenters. The number of carbonyl (C=O) groups excluding carboxylic acids is 2. The molecule has 7 aromatic rings. The van der Waals surface area contributed by atoms with Crippen LogP contribution in [-0.2, 0) is 43.1 Å². The fourth-order valence-electron chi connectivity index (χ4n) is 5.27. The van der Waals surface area contributed by atoms with Gasteiger partial charge in [-0.3, -0.25) is 14.4 Å². The number of carboxylic acids is 1. The Morgan fingerprint density at radius 1 is 0.643 bits per heavy atom. The maximum absolute atomic E-state index is 11.3. The SMILES string of the molecule is COC(=O)Cc1ccc(N)c(O)c1.COC(=O)Cc1ccc2nc(Nc3ccccc3C)oc2c1.Cc1ccccc1Nc1nc2ccc(CC(=O)O)cc2o1. The quantitative estimate of drug-likeness (QED) is 0.0512. The van der Waals surface area contributed by atoms with Crippen molar-refractivity contribution >= 4 is 69.2 Å². The summed E-state index contributed by atoms with van der Waals surface area (Å²) in [6.07, 6.45) is 0.329. The number of aromatic hydroxyl groups is 1. The van der Waals surface area contributed by atoms with Gasteiger partial charge in [0.15, 0.2) is 11.2 Å². The van der Waals surface area contributed by atoms with Gasteiger partial charge < -0.3 is 44.9 Å². The van der Waals surface area contributed by atoms with E-state index in [1.165, 1.54) is 20.3 Å². The zero-order chi connectivity index (χ0) is 40.2. The Balaban J connectivity index is 0.000000167. The molecule has 0 atom stereocenters. The van der Waals surface area contributed by atoms with Gasteiger partial charge in [-0.05, 0) is 90.2 Å². The van der Waals surface area contributed by atoms with Crippen molar-refractivity contribution in [2.24, 2.45) is 0 Å². The number of methoxy groups -OCH3 is 2. The molecule has 0 saturated heterocycles. The van der Waals surface area contributed by atoms with Gasteiger partial charge in [0, 0.05) is 11.4 Å². The lowest BCUT2D eigenvalue weighted by Crippen LogP contribution is -2.04. The van der Waals surface area contributed by atoms with Gasteiger partial charge in [-0.15, -0.1) is 0 Å². The number of phenolic OH excluding ortho intramolecular Hbond substituents is 1. The van der Waals surface area contributed by atoms with Gasteiger partial charge in [-0.25, -0.2) is 0 Å². The molecule has 0 aliphatic rings. The van der Waals surface area contributed by atoms with Crippen LogP contribution in [-0.4, -0.2) is 52.3 Å². The molecular weight excluding hydrogens is 718 g/mol. The number of carboxylic acid groups (broad SMARTS) is 1. The summed E-state index contributed by atoms with van der Waals surface area (Å²) in [5.74, 6) is -1.50. The third-order valence-electron chi connectivity index (χ3n) is 8.28. The van der Waals surface area contributed by atoms with E-state index in [1.54, 1.807) is 30.3 Å². The van der Waals surface area contributed by atoms with Crippen LogP contribution in [0.2, 0.25) is 0 Å². The highest BCUT2D eigenvalue weighted by molar-refractivity contribution is 5.80. The van der Waals surface area contributed by atoms with Crippen LogP contribution >= 0.6 is 0 Å². The lowest BCUT2D eigenvalue weighted by Gasteiger charge is -2.04. The van der Waals surface area contributed by atoms with Crippen molar-refractivity contribution in [3.8, 4) is 5.75 Å². The minimum absolute atomic E-state index is 0.0126. The molecule has 56 heavy (non-hydrogen) atoms. The number of aromatic nitrogens is 2. The number of nitrogen functional groups attached to an aromatic ring is 1. The number of nitrogens with zero attached hydrogens (tertiary/aromatic N) is 2. The van der Waals surface area contributed by atoms with E-state index in [2.05, 4.69) is 30.1 Å². The minimum Gasteiger partial charge on any atom is -0.506 e. The highest BCUT2D eigenvalue weighted by Gasteiger charge is 2.11. The number of rotatable bonds is 10. The van der Waals surface area contributed by atoms with Crippen LogP contribution in [0.4, 0.5) is 29.1 Å². The maximum Gasteiger partial charge on any atom is 0.309 e. The molecule has 0 aliphatic carbocycles. The van der Waals surface area contributed by atoms with Crippen molar-refractivity contribution in [1.82, 2.24) is 9.97 Å². The molecule has 7 rings (SSSR count). The van der Waals surface area contributed by atoms with Crippen molar-refractivity contribution in [3.63, 3.8) is 0 Å². The Bertz CT molecular complexity index is 2470. The number of anilines is 5. The third kappa shape index (κ3) is 11.1. The monoisotopic (exact) mass is 759 g/mol. The van der Waals surface area contributed by atoms with Crippen molar-refractivity contribution < 1.29 is 42.9 Å². The number of aliphatic carboxylic acids is 1. The van der Waals surface area contributed by atoms with E-state index in [9.17, 15) is 19.5 Å². The Kier molecular flexibility index (Phi) is 13.2. The number of benzene rings is 5. The summed E-state index contributed by atoms with van der Waals surface area (Å²) in [4.78, 5) is 41.6. The van der Waals surface area contributed by atoms with E-state index >= 15 is 0 Å². The van der Waals surface area contributed by atoms with Crippen LogP contribution in [0, 0.1) is 13.8 Å². The number of nitrogens with one attached hydrogen (secondary N) is 2. The number of esters is 2. The van der Waals surface area contributed by atoms with Crippen LogP contribution in [0.15, 0.2) is 112 Å². The Labute approximate surface area is 321 Å². The predicted molar refractivity (Wildman–Crippen MR) is 212 cm³/mol. The zero-order valence-electron chi connectivity index (χ0n) is 31.2. The average molecular weight is 760 g/mol. The molecule has 0 aliphatic heterocycles. The predicted octanol–water partition coefficient (Wildman–Crippen LogP) is 7.79. The standard InChI is InChI=1S/C17H16N2O3.C16H14N2O3.C9H11NO3/c1-11-5-3-4-6-13(11)18-17-19-14-8-7-12(9-15(14)22-17)10-16(20)21-2;1-10-4-2-3-5-12(10)17-16-18-13-7-6-11(9-15(19)20)8-14(13)21-16;1-13-9(12)5-6-2-3-7(10)8(11)4-6/h3-9H,10H2,1-2H3,(H,18,19);2-8H,9H2,1H3,(H,17,18)(H,19,20);2-4,11H,5,10H2,1H3. The number of oxazole rings is 2. The normalized spacial score (nSPS) is 10.4. The molecule has 0 spiro atoms. The van der Waals surface area contributed by atoms with Crippen molar-refractivity contribution in [2.45, 2.75) is 33.1 Å². The number of phenols is 1. The second kappa shape index (κ2) is 18.6. The molecular formula is C42H41N5O9. The van der Waals surface area contributed by atoms with Crippen LogP contribution < -0.4 is 16.4 Å². The summed E-state index contributed by atoms with van der Waals surface area (Å²) in [6, 6.07) is 31.9. The first-order chi connectivity index (χ1) is 26.9. The summed E-state index contributed by atoms with van der Waals surface area (Å²) in [5, 5.41) is 24.3. The fourth-order valence-corrected chi connectivity index (χ4v) is 5.27. The number of fused-ring (bicyclic) bond motifs is 2. The van der Waals surface area contributed by atoms with E-state index in [0.29, 0.717) is 45.5 Å². The number of para-hydroxylation sites is 2. The summed E-state index contributed by atoms with van der Waals surface area (Å²) >= 11 is 0. The Hall–Kier alpha value is -7.35. The summed E-state index contributed by atoms with van der Waals surface area (Å²) in [7, 11) is 2.69. The van der Waals surface area contributed by atoms with E-state index < -0.39 is 5.97 Å². The summed E-state index contributed by atoms with van der Waals surface area (Å²) in [5.41, 5.74) is 14.6. The summed E-state index contributed by atoms with van der Waals surface area (Å²) < 4.78 is 20.5. The van der Waals surface area contributed by atoms with Gasteiger partial charge in [0.2, 0.25) is 0 Å².